The van der Waals surface area contributed by atoms with Crippen LogP contribution in [0.3, 0.4) is 0 Å². The smallest absolute Gasteiger partial charge is 0.247 e. The molecule has 1 aromatic carbocycles. The molecular formula is C16H18N2O3S. The number of nitrogens with zero attached hydrogens (tertiary/aromatic N) is 2. The summed E-state index contributed by atoms with van der Waals surface area (Å²) in [6.45, 7) is 2.08. The van der Waals surface area contributed by atoms with Gasteiger partial charge in [-0.15, -0.1) is 0 Å². The molecule has 116 valence electrons. The second kappa shape index (κ2) is 5.61. The molecule has 1 aliphatic heterocycles. The molecule has 2 heterocycles. The number of aryl methyl sites for hydroxylation is 1. The molecular weight excluding hydrogens is 300 g/mol. The molecule has 0 aliphatic carbocycles. The van der Waals surface area contributed by atoms with Gasteiger partial charge in [-0.2, -0.15) is 9.52 Å². The van der Waals surface area contributed by atoms with Crippen LogP contribution in [0.15, 0.2) is 52.2 Å². The molecule has 1 aliphatic rings. The summed E-state index contributed by atoms with van der Waals surface area (Å²) in [4.78, 5) is 0. The highest BCUT2D eigenvalue weighted by Crippen LogP contribution is 2.34. The number of hydrazone groups is 1. The maximum Gasteiger partial charge on any atom is 0.247 e. The maximum absolute atomic E-state index is 12.1. The fourth-order valence-corrected chi connectivity index (χ4v) is 3.56. The second-order valence-corrected chi connectivity index (χ2v) is 7.22. The van der Waals surface area contributed by atoms with E-state index in [2.05, 4.69) is 12.0 Å². The zero-order valence-corrected chi connectivity index (χ0v) is 13.4. The fraction of sp³-hybridized carbons (Fsp3) is 0.312. The first-order valence-corrected chi connectivity index (χ1v) is 9.03. The average Bonchev–Trinajstić information content (AvgIpc) is 3.15. The Bertz CT molecular complexity index is 795. The van der Waals surface area contributed by atoms with Crippen LogP contribution in [0.25, 0.3) is 0 Å². The lowest BCUT2D eigenvalue weighted by molar-refractivity contribution is 0.374. The van der Waals surface area contributed by atoms with Crippen molar-refractivity contribution >= 4 is 15.7 Å². The Morgan fingerprint density at radius 3 is 2.77 bits per heavy atom. The van der Waals surface area contributed by atoms with Crippen molar-refractivity contribution in [3.8, 4) is 0 Å². The monoisotopic (exact) mass is 318 g/mol. The molecule has 0 radical (unpaired) electrons. The highest BCUT2D eigenvalue weighted by molar-refractivity contribution is 7.88. The molecule has 6 heteroatoms. The van der Waals surface area contributed by atoms with Crippen molar-refractivity contribution < 1.29 is 12.8 Å². The standard InChI is InChI=1S/C16H18N2O3S/c1-3-12-6-4-7-13(10-12)15-11-14(16-8-5-9-21-16)17-18(15)22(2,19)20/h4-10,15H,3,11H2,1-2H3/t15-/m0/s1. The minimum atomic E-state index is -3.44. The summed E-state index contributed by atoms with van der Waals surface area (Å²) in [5, 5.41) is 4.28. The van der Waals surface area contributed by atoms with E-state index < -0.39 is 10.0 Å². The van der Waals surface area contributed by atoms with E-state index in [-0.39, 0.29) is 6.04 Å². The summed E-state index contributed by atoms with van der Waals surface area (Å²) >= 11 is 0. The van der Waals surface area contributed by atoms with Gasteiger partial charge in [0.25, 0.3) is 0 Å². The van der Waals surface area contributed by atoms with Crippen LogP contribution in [0.1, 0.15) is 36.3 Å². The number of hydrogen-bond acceptors (Lipinski definition) is 4. The lowest BCUT2D eigenvalue weighted by Gasteiger charge is -2.21. The van der Waals surface area contributed by atoms with Gasteiger partial charge in [0, 0.05) is 6.42 Å². The van der Waals surface area contributed by atoms with Crippen LogP contribution in [-0.4, -0.2) is 24.8 Å². The van der Waals surface area contributed by atoms with E-state index in [0.717, 1.165) is 12.0 Å². The average molecular weight is 318 g/mol. The summed E-state index contributed by atoms with van der Waals surface area (Å²) in [6.07, 6.45) is 4.16. The Morgan fingerprint density at radius 2 is 2.14 bits per heavy atom. The van der Waals surface area contributed by atoms with Gasteiger partial charge in [-0.1, -0.05) is 31.2 Å². The fourth-order valence-electron chi connectivity index (χ4n) is 2.65. The molecule has 0 N–H and O–H groups in total. The Balaban J connectivity index is 2.00. The van der Waals surface area contributed by atoms with Gasteiger partial charge in [0.1, 0.15) is 11.5 Å². The number of furan rings is 1. The van der Waals surface area contributed by atoms with Gasteiger partial charge in [-0.05, 0) is 29.7 Å². The van der Waals surface area contributed by atoms with Crippen LogP contribution >= 0.6 is 0 Å². The number of sulfonamides is 1. The van der Waals surface area contributed by atoms with Gasteiger partial charge >= 0.3 is 0 Å². The largest absolute Gasteiger partial charge is 0.463 e. The Morgan fingerprint density at radius 1 is 1.32 bits per heavy atom. The van der Waals surface area contributed by atoms with Crippen LogP contribution in [-0.2, 0) is 16.4 Å². The maximum atomic E-state index is 12.1. The molecule has 0 amide bonds. The second-order valence-electron chi connectivity index (χ2n) is 5.38. The summed E-state index contributed by atoms with van der Waals surface area (Å²) in [5.74, 6) is 0.614. The normalized spacial score (nSPS) is 18.5. The predicted molar refractivity (Wildman–Crippen MR) is 85.1 cm³/mol. The molecule has 0 saturated carbocycles. The molecule has 0 spiro atoms. The highest BCUT2D eigenvalue weighted by Gasteiger charge is 2.35. The molecule has 0 fully saturated rings. The topological polar surface area (TPSA) is 62.9 Å². The molecule has 2 aromatic rings. The van der Waals surface area contributed by atoms with Crippen LogP contribution < -0.4 is 0 Å². The zero-order valence-electron chi connectivity index (χ0n) is 12.6. The molecule has 3 rings (SSSR count). The van der Waals surface area contributed by atoms with Gasteiger partial charge in [-0.3, -0.25) is 0 Å². The highest BCUT2D eigenvalue weighted by atomic mass is 32.2. The van der Waals surface area contributed by atoms with E-state index in [1.54, 1.807) is 18.4 Å². The van der Waals surface area contributed by atoms with Crippen molar-refractivity contribution in [2.45, 2.75) is 25.8 Å². The summed E-state index contributed by atoms with van der Waals surface area (Å²) in [7, 11) is -3.44. The van der Waals surface area contributed by atoms with Crippen molar-refractivity contribution in [3.63, 3.8) is 0 Å². The molecule has 0 unspecified atom stereocenters. The van der Waals surface area contributed by atoms with E-state index in [4.69, 9.17) is 4.42 Å². The van der Waals surface area contributed by atoms with E-state index in [1.165, 1.54) is 16.2 Å². The molecule has 22 heavy (non-hydrogen) atoms. The minimum Gasteiger partial charge on any atom is -0.463 e. The van der Waals surface area contributed by atoms with Gasteiger partial charge in [0.2, 0.25) is 10.0 Å². The first-order chi connectivity index (χ1) is 10.5. The third-order valence-electron chi connectivity index (χ3n) is 3.76. The van der Waals surface area contributed by atoms with Crippen molar-refractivity contribution in [1.29, 1.82) is 0 Å². The van der Waals surface area contributed by atoms with Crippen LogP contribution in [0.2, 0.25) is 0 Å². The van der Waals surface area contributed by atoms with Crippen molar-refractivity contribution in [2.24, 2.45) is 5.10 Å². The van der Waals surface area contributed by atoms with Gasteiger partial charge in [0.15, 0.2) is 0 Å². The quantitative estimate of drug-likeness (QED) is 0.870. The SMILES string of the molecule is CCc1cccc([C@@H]2CC(c3ccco3)=NN2S(C)(=O)=O)c1. The summed E-state index contributed by atoms with van der Waals surface area (Å²) in [6, 6.07) is 11.2. The Labute approximate surface area is 130 Å². The van der Waals surface area contributed by atoms with Gasteiger partial charge in [-0.25, -0.2) is 8.42 Å². The number of rotatable bonds is 4. The van der Waals surface area contributed by atoms with E-state index in [1.807, 2.05) is 24.3 Å². The van der Waals surface area contributed by atoms with E-state index >= 15 is 0 Å². The van der Waals surface area contributed by atoms with E-state index in [0.29, 0.717) is 17.9 Å². The summed E-state index contributed by atoms with van der Waals surface area (Å²) in [5.41, 5.74) is 2.79. The lowest BCUT2D eigenvalue weighted by atomic mass is 9.99. The minimum absolute atomic E-state index is 0.318. The molecule has 1 atom stereocenters. The van der Waals surface area contributed by atoms with Crippen LogP contribution in [0, 0.1) is 0 Å². The number of hydrogen-bond donors (Lipinski definition) is 0. The van der Waals surface area contributed by atoms with Crippen molar-refractivity contribution in [1.82, 2.24) is 4.41 Å². The zero-order chi connectivity index (χ0) is 15.7. The lowest BCUT2D eigenvalue weighted by Crippen LogP contribution is -2.26. The van der Waals surface area contributed by atoms with Crippen LogP contribution in [0.5, 0.6) is 0 Å². The first kappa shape index (κ1) is 14.8. The third kappa shape index (κ3) is 2.78. The van der Waals surface area contributed by atoms with Crippen LogP contribution in [0.4, 0.5) is 0 Å². The molecule has 0 saturated heterocycles. The number of benzene rings is 1. The Kier molecular flexibility index (Phi) is 3.78. The first-order valence-electron chi connectivity index (χ1n) is 7.18. The third-order valence-corrected chi connectivity index (χ3v) is 4.78. The molecule has 5 nitrogen and oxygen atoms in total. The molecule has 0 bridgehead atoms. The van der Waals surface area contributed by atoms with Crippen molar-refractivity contribution in [2.75, 3.05) is 6.26 Å². The van der Waals surface area contributed by atoms with E-state index in [9.17, 15) is 8.42 Å². The Hall–Kier alpha value is -2.08. The van der Waals surface area contributed by atoms with Gasteiger partial charge in [0.05, 0.1) is 18.6 Å². The van der Waals surface area contributed by atoms with Crippen molar-refractivity contribution in [3.05, 3.63) is 59.5 Å². The molecule has 1 aromatic heterocycles. The van der Waals surface area contributed by atoms with Gasteiger partial charge < -0.3 is 4.42 Å². The predicted octanol–water partition coefficient (Wildman–Crippen LogP) is 2.95. The summed E-state index contributed by atoms with van der Waals surface area (Å²) < 4.78 is 30.7.